The van der Waals surface area contributed by atoms with Gasteiger partial charge in [0.2, 0.25) is 0 Å². The lowest BCUT2D eigenvalue weighted by Gasteiger charge is -2.07. The van der Waals surface area contributed by atoms with Crippen LogP contribution in [0.4, 0.5) is 0 Å². The Bertz CT molecular complexity index is 204. The third-order valence-corrected chi connectivity index (χ3v) is 2.76. The number of hydrogen-bond acceptors (Lipinski definition) is 2. The van der Waals surface area contributed by atoms with Gasteiger partial charge in [0.05, 0.1) is 12.0 Å². The molecule has 1 saturated carbocycles. The zero-order valence-electron chi connectivity index (χ0n) is 8.42. The first-order valence-electron chi connectivity index (χ1n) is 5.17. The second-order valence-corrected chi connectivity index (χ2v) is 4.18. The van der Waals surface area contributed by atoms with Crippen molar-refractivity contribution < 1.29 is 4.74 Å². The molecule has 0 unspecified atom stereocenters. The Hall–Kier alpha value is -0.530. The summed E-state index contributed by atoms with van der Waals surface area (Å²) < 4.78 is 5.59. The molecule has 0 aromatic rings. The molecule has 2 nitrogen and oxygen atoms in total. The zero-order chi connectivity index (χ0) is 9.26. The van der Waals surface area contributed by atoms with Crippen molar-refractivity contribution in [2.24, 2.45) is 10.9 Å². The largest absolute Gasteiger partial charge is 0.478 e. The van der Waals surface area contributed by atoms with Crippen LogP contribution in [0.5, 0.6) is 0 Å². The summed E-state index contributed by atoms with van der Waals surface area (Å²) in [5.41, 5.74) is 0. The van der Waals surface area contributed by atoms with Crippen molar-refractivity contribution in [3.8, 4) is 0 Å². The van der Waals surface area contributed by atoms with E-state index in [0.717, 1.165) is 18.9 Å². The van der Waals surface area contributed by atoms with Gasteiger partial charge in [0.1, 0.15) is 6.61 Å². The highest BCUT2D eigenvalue weighted by Crippen LogP contribution is 2.30. The lowest BCUT2D eigenvalue weighted by Crippen LogP contribution is -2.13. The predicted octanol–water partition coefficient (Wildman–Crippen LogP) is 2.40. The van der Waals surface area contributed by atoms with Crippen LogP contribution < -0.4 is 0 Å². The van der Waals surface area contributed by atoms with Gasteiger partial charge in [-0.15, -0.1) is 0 Å². The maximum atomic E-state index is 5.59. The minimum atomic E-state index is 0.386. The van der Waals surface area contributed by atoms with E-state index < -0.39 is 0 Å². The molecular formula is C11H17NO. The van der Waals surface area contributed by atoms with E-state index in [0.29, 0.717) is 12.0 Å². The van der Waals surface area contributed by atoms with E-state index in [-0.39, 0.29) is 0 Å². The maximum Gasteiger partial charge on any atom is 0.191 e. The van der Waals surface area contributed by atoms with E-state index in [1.165, 1.54) is 18.8 Å². The van der Waals surface area contributed by atoms with E-state index in [4.69, 9.17) is 4.74 Å². The average Bonchev–Trinajstić information content (AvgIpc) is 2.75. The van der Waals surface area contributed by atoms with Crippen LogP contribution in [-0.2, 0) is 4.74 Å². The molecule has 2 heteroatoms. The highest BCUT2D eigenvalue weighted by molar-refractivity contribution is 5.93. The first-order valence-corrected chi connectivity index (χ1v) is 5.17. The van der Waals surface area contributed by atoms with Gasteiger partial charge >= 0.3 is 0 Å². The minimum Gasteiger partial charge on any atom is -0.478 e. The lowest BCUT2D eigenvalue weighted by atomic mass is 10.1. The van der Waals surface area contributed by atoms with Gasteiger partial charge in [0.25, 0.3) is 0 Å². The van der Waals surface area contributed by atoms with Crippen molar-refractivity contribution in [1.29, 1.82) is 0 Å². The fourth-order valence-electron chi connectivity index (χ4n) is 1.77. The normalized spacial score (nSPS) is 29.5. The summed E-state index contributed by atoms with van der Waals surface area (Å²) in [7, 11) is 0. The molecule has 0 saturated heterocycles. The van der Waals surface area contributed by atoms with Crippen LogP contribution in [-0.4, -0.2) is 18.5 Å². The summed E-state index contributed by atoms with van der Waals surface area (Å²) in [4.78, 5) is 4.60. The van der Waals surface area contributed by atoms with E-state index >= 15 is 0 Å². The van der Waals surface area contributed by atoms with Crippen molar-refractivity contribution in [2.75, 3.05) is 6.61 Å². The molecule has 1 aliphatic carbocycles. The maximum absolute atomic E-state index is 5.59. The number of rotatable bonds is 2. The summed E-state index contributed by atoms with van der Waals surface area (Å²) in [5, 5.41) is 0. The van der Waals surface area contributed by atoms with Crippen molar-refractivity contribution >= 4 is 5.90 Å². The van der Waals surface area contributed by atoms with Gasteiger partial charge < -0.3 is 4.74 Å². The van der Waals surface area contributed by atoms with E-state index in [2.05, 4.69) is 25.3 Å². The molecular weight excluding hydrogens is 162 g/mol. The van der Waals surface area contributed by atoms with Crippen LogP contribution in [0.1, 0.15) is 33.1 Å². The van der Waals surface area contributed by atoms with Gasteiger partial charge in [-0.25, -0.2) is 4.99 Å². The summed E-state index contributed by atoms with van der Waals surface area (Å²) in [6.07, 6.45) is 5.89. The molecule has 1 aliphatic heterocycles. The van der Waals surface area contributed by atoms with Gasteiger partial charge in [-0.2, -0.15) is 0 Å². The molecule has 1 heterocycles. The van der Waals surface area contributed by atoms with Crippen molar-refractivity contribution in [3.63, 3.8) is 0 Å². The summed E-state index contributed by atoms with van der Waals surface area (Å²) in [6.45, 7) is 5.18. The van der Waals surface area contributed by atoms with Gasteiger partial charge in [0.15, 0.2) is 5.90 Å². The topological polar surface area (TPSA) is 21.6 Å². The van der Waals surface area contributed by atoms with Gasteiger partial charge in [-0.1, -0.05) is 20.3 Å². The monoisotopic (exact) mass is 179 g/mol. The summed E-state index contributed by atoms with van der Waals surface area (Å²) in [6, 6.07) is 0.386. The third-order valence-electron chi connectivity index (χ3n) is 2.76. The molecule has 0 aromatic carbocycles. The van der Waals surface area contributed by atoms with Gasteiger partial charge in [-0.3, -0.25) is 0 Å². The van der Waals surface area contributed by atoms with Crippen LogP contribution in [0.25, 0.3) is 0 Å². The lowest BCUT2D eigenvalue weighted by molar-refractivity contribution is 0.288. The standard InChI is InChI=1S/C11H17NO/c1-8(2)10-7-13-11(12-10)9-5-3-4-6-9/h5,8,10H,3-4,6-7H2,1-2H3/t10-/m1/s1. The van der Waals surface area contributed by atoms with Crippen LogP contribution in [0.15, 0.2) is 4.99 Å². The number of nitrogens with zero attached hydrogens (tertiary/aromatic N) is 1. The molecule has 2 radical (unpaired) electrons. The molecule has 2 aliphatic rings. The third kappa shape index (κ3) is 1.87. The zero-order valence-corrected chi connectivity index (χ0v) is 8.42. The van der Waals surface area contributed by atoms with Crippen LogP contribution in [0.2, 0.25) is 0 Å². The fraction of sp³-hybridized carbons (Fsp3) is 0.727. The SMILES string of the molecule is CC(C)[C@H]1COC([C]2[CH]CCC2)=N1. The van der Waals surface area contributed by atoms with Crippen molar-refractivity contribution in [2.45, 2.75) is 39.2 Å². The molecule has 0 N–H and O–H groups in total. The predicted molar refractivity (Wildman–Crippen MR) is 53.4 cm³/mol. The molecule has 1 fully saturated rings. The number of ether oxygens (including phenoxy) is 1. The van der Waals surface area contributed by atoms with E-state index in [9.17, 15) is 0 Å². The van der Waals surface area contributed by atoms with Crippen molar-refractivity contribution in [1.82, 2.24) is 0 Å². The molecule has 1 atom stereocenters. The quantitative estimate of drug-likeness (QED) is 0.638. The summed E-state index contributed by atoms with van der Waals surface area (Å²) >= 11 is 0. The Morgan fingerprint density at radius 2 is 2.38 bits per heavy atom. The van der Waals surface area contributed by atoms with Crippen LogP contribution in [0, 0.1) is 18.3 Å². The molecule has 0 aromatic heterocycles. The van der Waals surface area contributed by atoms with Crippen LogP contribution >= 0.6 is 0 Å². The fourth-order valence-corrected chi connectivity index (χ4v) is 1.77. The Kier molecular flexibility index (Phi) is 2.56. The molecule has 0 bridgehead atoms. The highest BCUT2D eigenvalue weighted by atomic mass is 16.5. The number of aliphatic imine (C=N–C) groups is 1. The Morgan fingerprint density at radius 3 is 2.92 bits per heavy atom. The second kappa shape index (κ2) is 3.69. The first-order chi connectivity index (χ1) is 6.27. The molecule has 0 amide bonds. The summed E-state index contributed by atoms with van der Waals surface area (Å²) in [5.74, 6) is 2.86. The Morgan fingerprint density at radius 1 is 1.54 bits per heavy atom. The van der Waals surface area contributed by atoms with Gasteiger partial charge in [0, 0.05) is 0 Å². The Balaban J connectivity index is 1.97. The number of hydrogen-bond donors (Lipinski definition) is 0. The first kappa shape index (κ1) is 9.04. The molecule has 13 heavy (non-hydrogen) atoms. The van der Waals surface area contributed by atoms with E-state index in [1.54, 1.807) is 0 Å². The van der Waals surface area contributed by atoms with Gasteiger partial charge in [-0.05, 0) is 25.2 Å². The molecule has 72 valence electrons. The molecule has 2 rings (SSSR count). The minimum absolute atomic E-state index is 0.386. The smallest absolute Gasteiger partial charge is 0.191 e. The second-order valence-electron chi connectivity index (χ2n) is 4.18. The Labute approximate surface area is 80.4 Å². The molecule has 0 spiro atoms. The van der Waals surface area contributed by atoms with E-state index in [1.807, 2.05) is 0 Å². The highest BCUT2D eigenvalue weighted by Gasteiger charge is 2.29. The average molecular weight is 179 g/mol. The van der Waals surface area contributed by atoms with Crippen molar-refractivity contribution in [3.05, 3.63) is 12.3 Å². The van der Waals surface area contributed by atoms with Crippen LogP contribution in [0.3, 0.4) is 0 Å².